The van der Waals surface area contributed by atoms with Crippen LogP contribution in [0.5, 0.6) is 0 Å². The number of benzene rings is 1. The van der Waals surface area contributed by atoms with Crippen LogP contribution in [0.25, 0.3) is 5.69 Å². The molecule has 0 unspecified atom stereocenters. The summed E-state index contributed by atoms with van der Waals surface area (Å²) in [6.07, 6.45) is 4.18. The van der Waals surface area contributed by atoms with Crippen molar-refractivity contribution in [1.29, 1.82) is 0 Å². The summed E-state index contributed by atoms with van der Waals surface area (Å²) in [5.41, 5.74) is 2.00. The fourth-order valence-electron chi connectivity index (χ4n) is 1.70. The van der Waals surface area contributed by atoms with E-state index in [0.29, 0.717) is 19.5 Å². The van der Waals surface area contributed by atoms with E-state index in [4.69, 9.17) is 0 Å². The van der Waals surface area contributed by atoms with E-state index >= 15 is 0 Å². The maximum atomic E-state index is 11.5. The van der Waals surface area contributed by atoms with E-state index in [-0.39, 0.29) is 5.91 Å². The number of hydrogen-bond acceptors (Lipinski definition) is 3. The number of amides is 1. The fraction of sp³-hybridized carbons (Fsp3) is 0.286. The molecule has 1 aromatic carbocycles. The first kappa shape index (κ1) is 13.3. The van der Waals surface area contributed by atoms with Crippen LogP contribution >= 0.6 is 0 Å². The molecular weight excluding hydrogens is 240 g/mol. The topological polar surface area (TPSA) is 59.0 Å². The number of rotatable bonds is 6. The molecule has 5 heteroatoms. The van der Waals surface area contributed by atoms with Gasteiger partial charge in [0.2, 0.25) is 5.91 Å². The quantitative estimate of drug-likeness (QED) is 0.815. The molecule has 0 saturated carbocycles. The van der Waals surface area contributed by atoms with Gasteiger partial charge in [-0.05, 0) is 19.2 Å². The van der Waals surface area contributed by atoms with Crippen molar-refractivity contribution in [1.82, 2.24) is 20.4 Å². The van der Waals surface area contributed by atoms with Gasteiger partial charge in [0.25, 0.3) is 0 Å². The lowest BCUT2D eigenvalue weighted by atomic mass is 10.3. The van der Waals surface area contributed by atoms with E-state index in [1.54, 1.807) is 10.9 Å². The van der Waals surface area contributed by atoms with E-state index in [2.05, 4.69) is 15.7 Å². The number of nitrogens with zero attached hydrogens (tertiary/aromatic N) is 2. The maximum Gasteiger partial charge on any atom is 0.221 e. The molecule has 0 aliphatic rings. The van der Waals surface area contributed by atoms with Crippen LogP contribution in [0.1, 0.15) is 12.0 Å². The Morgan fingerprint density at radius 2 is 2.11 bits per heavy atom. The van der Waals surface area contributed by atoms with E-state index in [1.165, 1.54) is 0 Å². The Bertz CT molecular complexity index is 521. The van der Waals surface area contributed by atoms with Gasteiger partial charge >= 0.3 is 0 Å². The fourth-order valence-corrected chi connectivity index (χ4v) is 1.70. The molecule has 0 atom stereocenters. The molecule has 19 heavy (non-hydrogen) atoms. The van der Waals surface area contributed by atoms with Gasteiger partial charge in [0, 0.05) is 31.3 Å². The molecule has 2 N–H and O–H groups in total. The van der Waals surface area contributed by atoms with Crippen LogP contribution in [0.15, 0.2) is 42.7 Å². The first-order valence-electron chi connectivity index (χ1n) is 6.30. The second-order valence-electron chi connectivity index (χ2n) is 4.26. The molecule has 1 heterocycles. The van der Waals surface area contributed by atoms with Crippen molar-refractivity contribution >= 4 is 5.91 Å². The summed E-state index contributed by atoms with van der Waals surface area (Å²) in [6.45, 7) is 1.20. The minimum Gasteiger partial charge on any atom is -0.352 e. The van der Waals surface area contributed by atoms with Gasteiger partial charge in [-0.25, -0.2) is 4.68 Å². The van der Waals surface area contributed by atoms with Gasteiger partial charge < -0.3 is 10.6 Å². The van der Waals surface area contributed by atoms with Gasteiger partial charge in [0.05, 0.1) is 11.9 Å². The van der Waals surface area contributed by atoms with Gasteiger partial charge in [-0.3, -0.25) is 4.79 Å². The summed E-state index contributed by atoms with van der Waals surface area (Å²) in [5.74, 6) is 0.0433. The van der Waals surface area contributed by atoms with Crippen LogP contribution in [0.3, 0.4) is 0 Å². The van der Waals surface area contributed by atoms with E-state index in [0.717, 1.165) is 11.3 Å². The highest BCUT2D eigenvalue weighted by Gasteiger charge is 2.03. The number of para-hydroxylation sites is 1. The van der Waals surface area contributed by atoms with Gasteiger partial charge in [-0.15, -0.1) is 0 Å². The third kappa shape index (κ3) is 3.93. The van der Waals surface area contributed by atoms with Crippen LogP contribution in [0, 0.1) is 0 Å². The third-order valence-corrected chi connectivity index (χ3v) is 2.75. The predicted octanol–water partition coefficient (Wildman–Crippen LogP) is 1.10. The first-order chi connectivity index (χ1) is 9.29. The molecular formula is C14H18N4O. The van der Waals surface area contributed by atoms with Crippen LogP contribution < -0.4 is 10.6 Å². The Balaban J connectivity index is 1.90. The van der Waals surface area contributed by atoms with Crippen LogP contribution in [-0.4, -0.2) is 29.3 Å². The minimum atomic E-state index is 0.0433. The predicted molar refractivity (Wildman–Crippen MR) is 74.0 cm³/mol. The van der Waals surface area contributed by atoms with Crippen molar-refractivity contribution in [3.05, 3.63) is 48.3 Å². The van der Waals surface area contributed by atoms with Crippen molar-refractivity contribution in [2.45, 2.75) is 13.0 Å². The Hall–Kier alpha value is -2.14. The lowest BCUT2D eigenvalue weighted by Gasteiger charge is -2.03. The standard InChI is InChI=1S/C14H18N4O/c1-15-8-7-14(19)16-9-12-10-17-18(11-12)13-5-3-2-4-6-13/h2-6,10-11,15H,7-9H2,1H3,(H,16,19). The third-order valence-electron chi connectivity index (χ3n) is 2.75. The SMILES string of the molecule is CNCCC(=O)NCc1cnn(-c2ccccc2)c1. The maximum absolute atomic E-state index is 11.5. The highest BCUT2D eigenvalue weighted by atomic mass is 16.1. The average molecular weight is 258 g/mol. The van der Waals surface area contributed by atoms with Crippen molar-refractivity contribution in [3.63, 3.8) is 0 Å². The summed E-state index contributed by atoms with van der Waals surface area (Å²) in [4.78, 5) is 11.5. The summed E-state index contributed by atoms with van der Waals surface area (Å²) in [5, 5.41) is 10.1. The Kier molecular flexibility index (Phi) is 4.69. The zero-order chi connectivity index (χ0) is 13.5. The van der Waals surface area contributed by atoms with Crippen molar-refractivity contribution < 1.29 is 4.79 Å². The second-order valence-corrected chi connectivity index (χ2v) is 4.26. The van der Waals surface area contributed by atoms with Crippen molar-refractivity contribution in [3.8, 4) is 5.69 Å². The van der Waals surface area contributed by atoms with Crippen LogP contribution in [0.4, 0.5) is 0 Å². The number of carbonyl (C=O) groups is 1. The molecule has 0 fully saturated rings. The monoisotopic (exact) mass is 258 g/mol. The number of nitrogens with one attached hydrogen (secondary N) is 2. The molecule has 0 spiro atoms. The molecule has 0 aliphatic carbocycles. The van der Waals surface area contributed by atoms with Gasteiger partial charge in [-0.1, -0.05) is 18.2 Å². The number of aromatic nitrogens is 2. The highest BCUT2D eigenvalue weighted by Crippen LogP contribution is 2.07. The summed E-state index contributed by atoms with van der Waals surface area (Å²) < 4.78 is 1.80. The first-order valence-corrected chi connectivity index (χ1v) is 6.30. The number of carbonyl (C=O) groups excluding carboxylic acids is 1. The van der Waals surface area contributed by atoms with Crippen molar-refractivity contribution in [2.24, 2.45) is 0 Å². The highest BCUT2D eigenvalue weighted by molar-refractivity contribution is 5.76. The van der Waals surface area contributed by atoms with Gasteiger partial charge in [0.15, 0.2) is 0 Å². The smallest absolute Gasteiger partial charge is 0.221 e. The van der Waals surface area contributed by atoms with Crippen LogP contribution in [0.2, 0.25) is 0 Å². The lowest BCUT2D eigenvalue weighted by molar-refractivity contribution is -0.121. The zero-order valence-electron chi connectivity index (χ0n) is 11.0. The Morgan fingerprint density at radius 3 is 2.84 bits per heavy atom. The lowest BCUT2D eigenvalue weighted by Crippen LogP contribution is -2.25. The molecule has 0 bridgehead atoms. The molecule has 1 amide bonds. The van der Waals surface area contributed by atoms with Crippen molar-refractivity contribution in [2.75, 3.05) is 13.6 Å². The normalized spacial score (nSPS) is 10.4. The summed E-state index contributed by atoms with van der Waals surface area (Å²) >= 11 is 0. The average Bonchev–Trinajstić information content (AvgIpc) is 2.93. The minimum absolute atomic E-state index is 0.0433. The van der Waals surface area contributed by atoms with E-state index in [9.17, 15) is 4.79 Å². The molecule has 0 radical (unpaired) electrons. The van der Waals surface area contributed by atoms with Gasteiger partial charge in [0.1, 0.15) is 0 Å². The second kappa shape index (κ2) is 6.70. The molecule has 2 rings (SSSR count). The van der Waals surface area contributed by atoms with E-state index < -0.39 is 0 Å². The van der Waals surface area contributed by atoms with Crippen LogP contribution in [-0.2, 0) is 11.3 Å². The van der Waals surface area contributed by atoms with E-state index in [1.807, 2.05) is 43.6 Å². The molecule has 5 nitrogen and oxygen atoms in total. The summed E-state index contributed by atoms with van der Waals surface area (Å²) in [7, 11) is 1.83. The Labute approximate surface area is 112 Å². The van der Waals surface area contributed by atoms with Gasteiger partial charge in [-0.2, -0.15) is 5.10 Å². The zero-order valence-corrected chi connectivity index (χ0v) is 11.0. The molecule has 0 aliphatic heterocycles. The Morgan fingerprint density at radius 1 is 1.32 bits per heavy atom. The molecule has 2 aromatic rings. The molecule has 1 aromatic heterocycles. The molecule has 0 saturated heterocycles. The molecule has 100 valence electrons. The summed E-state index contributed by atoms with van der Waals surface area (Å²) in [6, 6.07) is 9.88. The largest absolute Gasteiger partial charge is 0.352 e. The number of hydrogen-bond donors (Lipinski definition) is 2.